The number of aliphatic imine (C=N–C) groups is 1. The van der Waals surface area contributed by atoms with Gasteiger partial charge in [0, 0.05) is 44.1 Å². The van der Waals surface area contributed by atoms with Crippen LogP contribution in [0.1, 0.15) is 51.5 Å². The first kappa shape index (κ1) is 22.1. The van der Waals surface area contributed by atoms with Crippen LogP contribution in [0.5, 0.6) is 0 Å². The van der Waals surface area contributed by atoms with Gasteiger partial charge in [-0.1, -0.05) is 24.6 Å². The summed E-state index contributed by atoms with van der Waals surface area (Å²) in [6, 6.07) is 4.87. The molecule has 2 aliphatic rings. The summed E-state index contributed by atoms with van der Waals surface area (Å²) < 4.78 is 11.5. The zero-order valence-corrected chi connectivity index (χ0v) is 18.4. The Labute approximate surface area is 177 Å². The molecule has 2 fully saturated rings. The molecule has 1 aromatic rings. The van der Waals surface area contributed by atoms with Crippen molar-refractivity contribution in [3.63, 3.8) is 0 Å². The van der Waals surface area contributed by atoms with Crippen LogP contribution in [-0.2, 0) is 9.47 Å². The van der Waals surface area contributed by atoms with Crippen LogP contribution >= 0.6 is 11.8 Å². The zero-order valence-electron chi connectivity index (χ0n) is 17.6. The van der Waals surface area contributed by atoms with E-state index in [2.05, 4.69) is 4.90 Å². The summed E-state index contributed by atoms with van der Waals surface area (Å²) >= 11 is 1.80. The number of nitrogens with zero attached hydrogens (tertiary/aromatic N) is 3. The minimum absolute atomic E-state index is 0.103. The molecule has 8 heteroatoms. The molecule has 0 amide bonds. The number of rotatable bonds is 9. The van der Waals surface area contributed by atoms with E-state index in [4.69, 9.17) is 14.5 Å². The van der Waals surface area contributed by atoms with Gasteiger partial charge in [0.05, 0.1) is 16.1 Å². The first-order valence-electron chi connectivity index (χ1n) is 10.5. The van der Waals surface area contributed by atoms with E-state index in [-0.39, 0.29) is 22.4 Å². The van der Waals surface area contributed by atoms with Crippen molar-refractivity contribution in [2.24, 2.45) is 4.99 Å². The summed E-state index contributed by atoms with van der Waals surface area (Å²) in [5, 5.41) is 12.0. The van der Waals surface area contributed by atoms with E-state index in [9.17, 15) is 10.1 Å². The first-order chi connectivity index (χ1) is 14.0. The van der Waals surface area contributed by atoms with Crippen LogP contribution < -0.4 is 0 Å². The smallest absolute Gasteiger partial charge is 0.269 e. The highest BCUT2D eigenvalue weighted by atomic mass is 32.2. The lowest BCUT2D eigenvalue weighted by molar-refractivity contribution is -0.384. The highest BCUT2D eigenvalue weighted by Crippen LogP contribution is 2.45. The Morgan fingerprint density at radius 3 is 2.55 bits per heavy atom. The lowest BCUT2D eigenvalue weighted by atomic mass is 9.98. The predicted octanol–water partition coefficient (Wildman–Crippen LogP) is 5.04. The number of hydrogen-bond donors (Lipinski definition) is 0. The van der Waals surface area contributed by atoms with E-state index in [1.165, 1.54) is 31.7 Å². The number of nitro benzene ring substituents is 1. The number of aryl methyl sites for hydroxylation is 1. The zero-order chi connectivity index (χ0) is 20.9. The van der Waals surface area contributed by atoms with Gasteiger partial charge in [-0.15, -0.1) is 0 Å². The van der Waals surface area contributed by atoms with Crippen molar-refractivity contribution in [3.05, 3.63) is 33.9 Å². The monoisotopic (exact) mass is 421 g/mol. The lowest BCUT2D eigenvalue weighted by Crippen LogP contribution is -2.46. The summed E-state index contributed by atoms with van der Waals surface area (Å²) in [6.45, 7) is 7.95. The second-order valence-corrected chi connectivity index (χ2v) is 8.57. The van der Waals surface area contributed by atoms with Crippen LogP contribution in [-0.4, -0.2) is 52.3 Å². The molecule has 7 nitrogen and oxygen atoms in total. The van der Waals surface area contributed by atoms with Gasteiger partial charge in [0.25, 0.3) is 5.69 Å². The fourth-order valence-electron chi connectivity index (χ4n) is 4.23. The van der Waals surface area contributed by atoms with Gasteiger partial charge in [0.2, 0.25) is 0 Å². The van der Waals surface area contributed by atoms with Crippen LogP contribution in [0.2, 0.25) is 0 Å². The second kappa shape index (κ2) is 9.91. The summed E-state index contributed by atoms with van der Waals surface area (Å²) in [4.78, 5) is 18.0. The molecule has 1 spiro atoms. The van der Waals surface area contributed by atoms with E-state index in [1.807, 2.05) is 20.8 Å². The molecule has 0 aromatic heterocycles. The molecule has 0 atom stereocenters. The van der Waals surface area contributed by atoms with Gasteiger partial charge in [-0.25, -0.2) is 4.99 Å². The third-order valence-electron chi connectivity index (χ3n) is 5.71. The molecule has 1 saturated carbocycles. The van der Waals surface area contributed by atoms with E-state index < -0.39 is 0 Å². The lowest BCUT2D eigenvalue weighted by Gasteiger charge is -2.36. The van der Waals surface area contributed by atoms with Crippen molar-refractivity contribution >= 4 is 28.3 Å². The van der Waals surface area contributed by atoms with Crippen molar-refractivity contribution < 1.29 is 14.4 Å². The van der Waals surface area contributed by atoms with Crippen molar-refractivity contribution in [2.45, 2.75) is 64.7 Å². The average molecular weight is 422 g/mol. The second-order valence-electron chi connectivity index (χ2n) is 7.62. The van der Waals surface area contributed by atoms with Crippen LogP contribution in [0.25, 0.3) is 0 Å². The Morgan fingerprint density at radius 1 is 1.28 bits per heavy atom. The molecule has 0 unspecified atom stereocenters. The minimum atomic E-state index is -0.365. The number of non-ortho nitro benzene ring substituents is 1. The number of thioether (sulfide) groups is 1. The normalized spacial score (nSPS) is 19.7. The average Bonchev–Trinajstić information content (AvgIpc) is 3.30. The fourth-order valence-corrected chi connectivity index (χ4v) is 5.68. The molecule has 1 heterocycles. The molecule has 0 bridgehead atoms. The summed E-state index contributed by atoms with van der Waals surface area (Å²) in [5.74, 6) is 1.05. The summed E-state index contributed by atoms with van der Waals surface area (Å²) in [6.07, 6.45) is 5.47. The Hall–Kier alpha value is -1.64. The topological polar surface area (TPSA) is 77.2 Å². The Balaban J connectivity index is 1.82. The van der Waals surface area contributed by atoms with Crippen LogP contribution in [0.15, 0.2) is 23.2 Å². The number of benzene rings is 1. The molecule has 29 heavy (non-hydrogen) atoms. The fraction of sp³-hybridized carbons (Fsp3) is 0.667. The van der Waals surface area contributed by atoms with Gasteiger partial charge in [-0.3, -0.25) is 10.1 Å². The summed E-state index contributed by atoms with van der Waals surface area (Å²) in [5.41, 5.74) is 1.89. The van der Waals surface area contributed by atoms with Crippen molar-refractivity contribution in [1.29, 1.82) is 0 Å². The van der Waals surface area contributed by atoms with Crippen molar-refractivity contribution in [2.75, 3.05) is 25.5 Å². The van der Waals surface area contributed by atoms with Crippen molar-refractivity contribution in [1.82, 2.24) is 4.90 Å². The van der Waals surface area contributed by atoms with Gasteiger partial charge < -0.3 is 14.4 Å². The van der Waals surface area contributed by atoms with Crippen LogP contribution in [0, 0.1) is 17.0 Å². The van der Waals surface area contributed by atoms with Crippen LogP contribution in [0.4, 0.5) is 11.4 Å². The highest BCUT2D eigenvalue weighted by molar-refractivity contribution is 8.14. The third kappa shape index (κ3) is 5.10. The number of hydrogen-bond acceptors (Lipinski definition) is 6. The standard InChI is InChI=1S/C21H31N3O4S/c1-4-27-19(28-5-2)10-13-23-20(29-15-21(23)11-6-7-12-21)22-18-9-8-17(24(25)26)14-16(18)3/h8-9,14,19H,4-7,10-13,15H2,1-3H3. The molecule has 1 aliphatic heterocycles. The number of ether oxygens (including phenoxy) is 2. The quantitative estimate of drug-likeness (QED) is 0.316. The Kier molecular flexibility index (Phi) is 7.54. The largest absolute Gasteiger partial charge is 0.353 e. The third-order valence-corrected chi connectivity index (χ3v) is 6.96. The molecule has 1 aliphatic carbocycles. The SMILES string of the molecule is CCOC(CCN1C(=Nc2ccc([N+](=O)[O-])cc2C)SCC12CCCC2)OCC. The molecule has 160 valence electrons. The number of amidine groups is 1. The molecule has 3 rings (SSSR count). The van der Waals surface area contributed by atoms with Crippen LogP contribution in [0.3, 0.4) is 0 Å². The van der Waals surface area contributed by atoms with E-state index in [1.54, 1.807) is 23.9 Å². The van der Waals surface area contributed by atoms with Crippen molar-refractivity contribution in [3.8, 4) is 0 Å². The Bertz CT molecular complexity index is 743. The predicted molar refractivity (Wildman–Crippen MR) is 117 cm³/mol. The van der Waals surface area contributed by atoms with Gasteiger partial charge >= 0.3 is 0 Å². The molecule has 0 radical (unpaired) electrons. The molecular weight excluding hydrogens is 390 g/mol. The first-order valence-corrected chi connectivity index (χ1v) is 11.4. The minimum Gasteiger partial charge on any atom is -0.353 e. The Morgan fingerprint density at radius 2 is 1.97 bits per heavy atom. The van der Waals surface area contributed by atoms with Gasteiger partial charge in [0.15, 0.2) is 11.5 Å². The molecule has 1 aromatic carbocycles. The summed E-state index contributed by atoms with van der Waals surface area (Å²) in [7, 11) is 0. The van der Waals surface area contributed by atoms with Gasteiger partial charge in [0.1, 0.15) is 0 Å². The van der Waals surface area contributed by atoms with E-state index >= 15 is 0 Å². The molecule has 0 N–H and O–H groups in total. The molecular formula is C21H31N3O4S. The van der Waals surface area contributed by atoms with Gasteiger partial charge in [-0.2, -0.15) is 0 Å². The highest BCUT2D eigenvalue weighted by Gasteiger charge is 2.46. The molecule has 1 saturated heterocycles. The maximum atomic E-state index is 11.0. The number of nitro groups is 1. The van der Waals surface area contributed by atoms with E-state index in [0.29, 0.717) is 13.2 Å². The van der Waals surface area contributed by atoms with Gasteiger partial charge in [-0.05, 0) is 45.2 Å². The van der Waals surface area contributed by atoms with E-state index in [0.717, 1.165) is 35.1 Å². The maximum Gasteiger partial charge on any atom is 0.269 e. The maximum absolute atomic E-state index is 11.0.